The van der Waals surface area contributed by atoms with Gasteiger partial charge in [0.05, 0.1) is 6.54 Å². The molecule has 2 aromatic rings. The van der Waals surface area contributed by atoms with Crippen LogP contribution in [-0.4, -0.2) is 25.8 Å². The van der Waals surface area contributed by atoms with Crippen molar-refractivity contribution in [3.8, 4) is 0 Å². The Balaban J connectivity index is 2.34. The summed E-state index contributed by atoms with van der Waals surface area (Å²) in [7, 11) is 0. The third kappa shape index (κ3) is 2.21. The predicted octanol–water partition coefficient (Wildman–Crippen LogP) is -0.420. The largest absolute Gasteiger partial charge is 0.476 e. The van der Waals surface area contributed by atoms with Crippen molar-refractivity contribution in [2.24, 2.45) is 0 Å². The molecule has 0 unspecified atom stereocenters. The first-order chi connectivity index (χ1) is 8.47. The minimum atomic E-state index is -1.21. The molecule has 0 saturated carbocycles. The van der Waals surface area contributed by atoms with Crippen molar-refractivity contribution in [1.29, 1.82) is 0 Å². The first kappa shape index (κ1) is 11.8. The second kappa shape index (κ2) is 4.32. The number of hydrogen-bond acceptors (Lipinski definition) is 5. The van der Waals surface area contributed by atoms with Crippen molar-refractivity contribution in [3.63, 3.8) is 0 Å². The second-order valence-corrected chi connectivity index (χ2v) is 3.68. The average Bonchev–Trinajstić information content (AvgIpc) is 2.74. The Bertz CT molecular complexity index is 709. The number of aromatic carboxylic acids is 1. The molecule has 0 amide bonds. The van der Waals surface area contributed by atoms with Gasteiger partial charge in [-0.15, -0.1) is 0 Å². The summed E-state index contributed by atoms with van der Waals surface area (Å²) in [6.07, 6.45) is 1.37. The Kier molecular flexibility index (Phi) is 2.84. The summed E-state index contributed by atoms with van der Waals surface area (Å²) in [5.74, 6) is -1.00. The van der Waals surface area contributed by atoms with Crippen LogP contribution in [0.3, 0.4) is 0 Å². The minimum Gasteiger partial charge on any atom is -0.476 e. The Hall–Kier alpha value is -2.64. The molecular weight excluding hydrogens is 242 g/mol. The van der Waals surface area contributed by atoms with E-state index in [9.17, 15) is 14.4 Å². The molecule has 0 aliphatic rings. The van der Waals surface area contributed by atoms with Crippen LogP contribution in [0.5, 0.6) is 0 Å². The predicted molar refractivity (Wildman–Crippen MR) is 58.6 cm³/mol. The van der Waals surface area contributed by atoms with Crippen LogP contribution in [0.4, 0.5) is 0 Å². The van der Waals surface area contributed by atoms with Gasteiger partial charge in [-0.25, -0.2) is 9.59 Å². The molecule has 8 nitrogen and oxygen atoms in total. The molecule has 2 rings (SSSR count). The molecule has 0 bridgehead atoms. The molecule has 2 heterocycles. The van der Waals surface area contributed by atoms with Gasteiger partial charge in [0.1, 0.15) is 0 Å². The number of carboxylic acid groups (broad SMARTS) is 1. The lowest BCUT2D eigenvalue weighted by Gasteiger charge is -2.02. The summed E-state index contributed by atoms with van der Waals surface area (Å²) in [4.78, 5) is 35.3. The van der Waals surface area contributed by atoms with Crippen LogP contribution in [0.15, 0.2) is 26.4 Å². The summed E-state index contributed by atoms with van der Waals surface area (Å²) >= 11 is 0. The van der Waals surface area contributed by atoms with Gasteiger partial charge in [0, 0.05) is 17.8 Å². The summed E-state index contributed by atoms with van der Waals surface area (Å²) in [5.41, 5.74) is -0.925. The number of H-pyrrole nitrogens is 1. The minimum absolute atomic E-state index is 0.00324. The molecule has 0 spiro atoms. The van der Waals surface area contributed by atoms with Gasteiger partial charge < -0.3 is 9.63 Å². The summed E-state index contributed by atoms with van der Waals surface area (Å²) in [6.45, 7) is 1.55. The van der Waals surface area contributed by atoms with E-state index in [1.54, 1.807) is 6.92 Å². The van der Waals surface area contributed by atoms with E-state index >= 15 is 0 Å². The molecule has 2 aromatic heterocycles. The van der Waals surface area contributed by atoms with Crippen molar-refractivity contribution in [2.75, 3.05) is 0 Å². The van der Waals surface area contributed by atoms with Gasteiger partial charge in [0.15, 0.2) is 11.5 Å². The average molecular weight is 251 g/mol. The Morgan fingerprint density at radius 3 is 2.89 bits per heavy atom. The standard InChI is InChI=1S/C10H9N3O5/c1-5-3-13(10(17)11-8(5)14)4-6-2-7(9(15)16)12-18-6/h2-3H,4H2,1H3,(H,15,16)(H,11,14,17). The van der Waals surface area contributed by atoms with E-state index in [-0.39, 0.29) is 18.0 Å². The Labute approximate surface area is 99.5 Å². The summed E-state index contributed by atoms with van der Waals surface area (Å²) < 4.78 is 5.97. The van der Waals surface area contributed by atoms with E-state index < -0.39 is 17.2 Å². The molecule has 0 fully saturated rings. The van der Waals surface area contributed by atoms with Crippen LogP contribution < -0.4 is 11.2 Å². The highest BCUT2D eigenvalue weighted by atomic mass is 16.5. The number of aromatic amines is 1. The molecule has 0 saturated heterocycles. The van der Waals surface area contributed by atoms with Crippen molar-refractivity contribution in [1.82, 2.24) is 14.7 Å². The normalized spacial score (nSPS) is 10.5. The molecule has 0 radical (unpaired) electrons. The van der Waals surface area contributed by atoms with Gasteiger partial charge in [-0.05, 0) is 6.92 Å². The maximum absolute atomic E-state index is 11.5. The maximum Gasteiger partial charge on any atom is 0.358 e. The fraction of sp³-hybridized carbons (Fsp3) is 0.200. The summed E-state index contributed by atoms with van der Waals surface area (Å²) in [5, 5.41) is 12.0. The van der Waals surface area contributed by atoms with Gasteiger partial charge in [-0.3, -0.25) is 14.3 Å². The van der Waals surface area contributed by atoms with Crippen molar-refractivity contribution >= 4 is 5.97 Å². The van der Waals surface area contributed by atoms with Crippen LogP contribution in [-0.2, 0) is 6.54 Å². The third-order valence-corrected chi connectivity index (χ3v) is 2.29. The number of aryl methyl sites for hydroxylation is 1. The zero-order valence-electron chi connectivity index (χ0n) is 9.34. The SMILES string of the molecule is Cc1cn(Cc2cc(C(=O)O)no2)c(=O)[nH]c1=O. The number of nitrogens with zero attached hydrogens (tertiary/aromatic N) is 2. The van der Waals surface area contributed by atoms with Gasteiger partial charge in [-0.1, -0.05) is 5.16 Å². The monoisotopic (exact) mass is 251 g/mol. The van der Waals surface area contributed by atoms with E-state index in [4.69, 9.17) is 9.63 Å². The van der Waals surface area contributed by atoms with Gasteiger partial charge >= 0.3 is 11.7 Å². The van der Waals surface area contributed by atoms with E-state index in [2.05, 4.69) is 10.1 Å². The highest BCUT2D eigenvalue weighted by molar-refractivity contribution is 5.85. The van der Waals surface area contributed by atoms with Crippen molar-refractivity contribution < 1.29 is 14.4 Å². The fourth-order valence-corrected chi connectivity index (χ4v) is 1.39. The number of hydrogen-bond donors (Lipinski definition) is 2. The van der Waals surface area contributed by atoms with Crippen LogP contribution in [0.2, 0.25) is 0 Å². The zero-order valence-corrected chi connectivity index (χ0v) is 9.34. The van der Waals surface area contributed by atoms with Crippen LogP contribution in [0.1, 0.15) is 21.8 Å². The first-order valence-corrected chi connectivity index (χ1v) is 4.96. The fourth-order valence-electron chi connectivity index (χ4n) is 1.39. The number of carbonyl (C=O) groups is 1. The van der Waals surface area contributed by atoms with E-state index in [0.29, 0.717) is 5.56 Å². The van der Waals surface area contributed by atoms with Crippen LogP contribution in [0, 0.1) is 6.92 Å². The summed E-state index contributed by atoms with van der Waals surface area (Å²) in [6, 6.07) is 1.22. The number of carboxylic acids is 1. The zero-order chi connectivity index (χ0) is 13.3. The quantitative estimate of drug-likeness (QED) is 0.764. The van der Waals surface area contributed by atoms with Crippen LogP contribution >= 0.6 is 0 Å². The Morgan fingerprint density at radius 1 is 1.56 bits per heavy atom. The third-order valence-electron chi connectivity index (χ3n) is 2.29. The van der Waals surface area contributed by atoms with E-state index in [1.807, 2.05) is 0 Å². The topological polar surface area (TPSA) is 118 Å². The first-order valence-electron chi connectivity index (χ1n) is 4.96. The Morgan fingerprint density at radius 2 is 2.28 bits per heavy atom. The number of rotatable bonds is 3. The van der Waals surface area contributed by atoms with Crippen molar-refractivity contribution in [3.05, 3.63) is 50.1 Å². The molecular formula is C10H9N3O5. The van der Waals surface area contributed by atoms with Gasteiger partial charge in [0.25, 0.3) is 5.56 Å². The number of aromatic nitrogens is 3. The maximum atomic E-state index is 11.5. The molecule has 0 aromatic carbocycles. The molecule has 2 N–H and O–H groups in total. The smallest absolute Gasteiger partial charge is 0.358 e. The van der Waals surface area contributed by atoms with Crippen LogP contribution in [0.25, 0.3) is 0 Å². The van der Waals surface area contributed by atoms with E-state index in [1.165, 1.54) is 16.8 Å². The van der Waals surface area contributed by atoms with Crippen molar-refractivity contribution in [2.45, 2.75) is 13.5 Å². The highest BCUT2D eigenvalue weighted by Crippen LogP contribution is 2.04. The molecule has 18 heavy (non-hydrogen) atoms. The lowest BCUT2D eigenvalue weighted by atomic mass is 10.3. The molecule has 0 aliphatic heterocycles. The molecule has 94 valence electrons. The number of nitrogens with one attached hydrogen (secondary N) is 1. The van der Waals surface area contributed by atoms with Gasteiger partial charge in [0.2, 0.25) is 0 Å². The molecule has 0 atom stereocenters. The highest BCUT2D eigenvalue weighted by Gasteiger charge is 2.11. The lowest BCUT2D eigenvalue weighted by Crippen LogP contribution is -2.30. The van der Waals surface area contributed by atoms with E-state index in [0.717, 1.165) is 0 Å². The molecule has 8 heteroatoms. The second-order valence-electron chi connectivity index (χ2n) is 3.68. The lowest BCUT2D eigenvalue weighted by molar-refractivity contribution is 0.0685. The molecule has 0 aliphatic carbocycles. The van der Waals surface area contributed by atoms with Gasteiger partial charge in [-0.2, -0.15) is 0 Å².